The molecule has 0 N–H and O–H groups in total. The van der Waals surface area contributed by atoms with Crippen LogP contribution in [0.3, 0.4) is 0 Å². The van der Waals surface area contributed by atoms with Gasteiger partial charge in [0.15, 0.2) is 0 Å². The Morgan fingerprint density at radius 3 is 1.60 bits per heavy atom. The molecule has 2 aliphatic carbocycles. The molecule has 2 aliphatic rings. The molecule has 0 bridgehead atoms. The van der Waals surface area contributed by atoms with Gasteiger partial charge in [0, 0.05) is 32.7 Å². The summed E-state index contributed by atoms with van der Waals surface area (Å²) >= 11 is 0. The Bertz CT molecular complexity index is 2670. The molecule has 4 heteroatoms. The Morgan fingerprint density at radius 2 is 0.981 bits per heavy atom. The summed E-state index contributed by atoms with van der Waals surface area (Å²) in [5.74, 6) is 0.261. The summed E-state index contributed by atoms with van der Waals surface area (Å²) in [6, 6.07) is 58.7. The molecule has 0 aliphatic heterocycles. The van der Waals surface area contributed by atoms with Crippen LogP contribution in [-0.2, 0) is 22.0 Å². The van der Waals surface area contributed by atoms with Gasteiger partial charge in [-0.25, -0.2) is 9.97 Å². The van der Waals surface area contributed by atoms with Crippen molar-refractivity contribution in [3.05, 3.63) is 198 Å². The van der Waals surface area contributed by atoms with E-state index in [1.165, 1.54) is 16.7 Å². The summed E-state index contributed by atoms with van der Waals surface area (Å²) in [6.07, 6.45) is 1.47. The molecule has 248 valence electrons. The summed E-state index contributed by atoms with van der Waals surface area (Å²) in [6.45, 7) is 0. The van der Waals surface area contributed by atoms with E-state index in [1.807, 2.05) is 36.4 Å². The second kappa shape index (κ2) is 11.9. The zero-order valence-corrected chi connectivity index (χ0v) is 28.5. The van der Waals surface area contributed by atoms with Gasteiger partial charge in [0.2, 0.25) is 0 Å². The van der Waals surface area contributed by atoms with Gasteiger partial charge in [0.05, 0.1) is 28.8 Å². The van der Waals surface area contributed by atoms with Crippen LogP contribution in [0.5, 0.6) is 5.75 Å². The number of nitrogens with zero attached hydrogens (tertiary/aromatic N) is 2. The van der Waals surface area contributed by atoms with Gasteiger partial charge in [0.1, 0.15) is 5.75 Å². The molecule has 0 amide bonds. The number of hydrogen-bond acceptors (Lipinski definition) is 4. The average molecular weight is 671 g/mol. The Labute approximate surface area is 302 Å². The molecule has 10 rings (SSSR count). The quantitative estimate of drug-likeness (QED) is 0.125. The Balaban J connectivity index is 1.27. The number of esters is 1. The van der Waals surface area contributed by atoms with E-state index in [-0.39, 0.29) is 12.4 Å². The van der Waals surface area contributed by atoms with Crippen molar-refractivity contribution < 1.29 is 9.53 Å². The van der Waals surface area contributed by atoms with Crippen molar-refractivity contribution in [1.29, 1.82) is 0 Å². The molecule has 0 fully saturated rings. The lowest BCUT2D eigenvalue weighted by Gasteiger charge is -2.42. The molecule has 52 heavy (non-hydrogen) atoms. The summed E-state index contributed by atoms with van der Waals surface area (Å²) in [5, 5.41) is 2.15. The van der Waals surface area contributed by atoms with E-state index in [0.29, 0.717) is 12.2 Å². The highest BCUT2D eigenvalue weighted by Gasteiger charge is 2.55. The molecule has 0 spiro atoms. The van der Waals surface area contributed by atoms with Crippen LogP contribution in [0.15, 0.2) is 170 Å². The summed E-state index contributed by atoms with van der Waals surface area (Å²) < 4.78 is 6.16. The van der Waals surface area contributed by atoms with Crippen molar-refractivity contribution in [2.24, 2.45) is 0 Å². The van der Waals surface area contributed by atoms with Gasteiger partial charge in [-0.15, -0.1) is 0 Å². The van der Waals surface area contributed by atoms with Gasteiger partial charge >= 0.3 is 5.97 Å². The topological polar surface area (TPSA) is 52.1 Å². The van der Waals surface area contributed by atoms with Gasteiger partial charge < -0.3 is 4.74 Å². The van der Waals surface area contributed by atoms with E-state index in [9.17, 15) is 4.79 Å². The second-order valence-corrected chi connectivity index (χ2v) is 14.2. The molecule has 0 saturated carbocycles. The summed E-state index contributed by atoms with van der Waals surface area (Å²) in [7, 11) is 0. The maximum atomic E-state index is 14.5. The number of pyridine rings is 2. The standard InChI is InChI=1S/C48H34N2O2/c51-44(52-35-19-5-2-6-20-35)30-48(39-24-12-10-22-37(39)46-41(48)28-34-18-8-14-26-43(34)50-46)31-47(29-32-15-3-1-4-16-32)38-23-11-9-21-36(38)45-40(47)27-33-17-7-13-25-42(33)49-45/h1-28H,29-31H2. The first-order valence-corrected chi connectivity index (χ1v) is 17.9. The lowest BCUT2D eigenvalue weighted by atomic mass is 9.59. The van der Waals surface area contributed by atoms with E-state index >= 15 is 0 Å². The smallest absolute Gasteiger partial charge is 0.312 e. The number of carbonyl (C=O) groups is 1. The first-order valence-electron chi connectivity index (χ1n) is 17.9. The van der Waals surface area contributed by atoms with E-state index in [1.54, 1.807) is 0 Å². The number of aromatic nitrogens is 2. The fourth-order valence-corrected chi connectivity index (χ4v) is 9.12. The van der Waals surface area contributed by atoms with Gasteiger partial charge in [-0.3, -0.25) is 4.79 Å². The molecule has 2 aromatic heterocycles. The van der Waals surface area contributed by atoms with Crippen molar-refractivity contribution in [2.75, 3.05) is 0 Å². The van der Waals surface area contributed by atoms with E-state index in [0.717, 1.165) is 61.9 Å². The highest BCUT2D eigenvalue weighted by atomic mass is 16.5. The fourth-order valence-electron chi connectivity index (χ4n) is 9.12. The normalized spacial score (nSPS) is 18.1. The van der Waals surface area contributed by atoms with Gasteiger partial charge in [-0.05, 0) is 77.1 Å². The number of ether oxygens (including phenoxy) is 1. The molecular weight excluding hydrogens is 637 g/mol. The lowest BCUT2D eigenvalue weighted by Crippen LogP contribution is -2.41. The molecule has 2 atom stereocenters. The number of carbonyl (C=O) groups excluding carboxylic acids is 1. The number of hydrogen-bond donors (Lipinski definition) is 0. The minimum atomic E-state index is -0.788. The maximum absolute atomic E-state index is 14.5. The van der Waals surface area contributed by atoms with Crippen LogP contribution in [0, 0.1) is 0 Å². The van der Waals surface area contributed by atoms with Crippen LogP contribution in [0.2, 0.25) is 0 Å². The molecule has 6 aromatic carbocycles. The number of benzene rings is 6. The number of rotatable bonds is 7. The zero-order valence-electron chi connectivity index (χ0n) is 28.5. The third-order valence-electron chi connectivity index (χ3n) is 11.2. The van der Waals surface area contributed by atoms with E-state index < -0.39 is 10.8 Å². The van der Waals surface area contributed by atoms with Gasteiger partial charge in [0.25, 0.3) is 0 Å². The Hall–Kier alpha value is -6.39. The molecule has 2 unspecified atom stereocenters. The van der Waals surface area contributed by atoms with Gasteiger partial charge in [-0.1, -0.05) is 133 Å². The van der Waals surface area contributed by atoms with Crippen molar-refractivity contribution in [1.82, 2.24) is 9.97 Å². The van der Waals surface area contributed by atoms with Crippen LogP contribution in [0.25, 0.3) is 44.3 Å². The first-order chi connectivity index (χ1) is 25.6. The number of para-hydroxylation sites is 3. The molecular formula is C48H34N2O2. The van der Waals surface area contributed by atoms with E-state index in [2.05, 4.69) is 133 Å². The Morgan fingerprint density at radius 1 is 0.500 bits per heavy atom. The van der Waals surface area contributed by atoms with Crippen LogP contribution < -0.4 is 4.74 Å². The third kappa shape index (κ3) is 4.71. The van der Waals surface area contributed by atoms with E-state index in [4.69, 9.17) is 14.7 Å². The van der Waals surface area contributed by atoms with Gasteiger partial charge in [-0.2, -0.15) is 0 Å². The largest absolute Gasteiger partial charge is 0.426 e. The third-order valence-corrected chi connectivity index (χ3v) is 11.2. The summed E-state index contributed by atoms with van der Waals surface area (Å²) in [4.78, 5) is 25.2. The van der Waals surface area contributed by atoms with Crippen LogP contribution in [0.1, 0.15) is 40.7 Å². The van der Waals surface area contributed by atoms with Crippen molar-refractivity contribution in [3.63, 3.8) is 0 Å². The average Bonchev–Trinajstić information content (AvgIpc) is 3.59. The lowest BCUT2D eigenvalue weighted by molar-refractivity contribution is -0.135. The van der Waals surface area contributed by atoms with Crippen molar-refractivity contribution in [2.45, 2.75) is 30.1 Å². The monoisotopic (exact) mass is 670 g/mol. The molecule has 4 nitrogen and oxygen atoms in total. The first kappa shape index (κ1) is 30.4. The highest BCUT2D eigenvalue weighted by molar-refractivity contribution is 5.92. The predicted octanol–water partition coefficient (Wildman–Crippen LogP) is 10.6. The SMILES string of the molecule is O=C(CC1(CC2(Cc3ccccc3)c3ccccc3-c3nc4ccccc4cc32)c2ccccc2-c2nc3ccccc3cc21)Oc1ccccc1. The predicted molar refractivity (Wildman–Crippen MR) is 207 cm³/mol. The summed E-state index contributed by atoms with van der Waals surface area (Å²) in [5.41, 5.74) is 10.5. The minimum Gasteiger partial charge on any atom is -0.426 e. The van der Waals surface area contributed by atoms with Crippen molar-refractivity contribution >= 4 is 27.8 Å². The van der Waals surface area contributed by atoms with Crippen LogP contribution in [0.4, 0.5) is 0 Å². The highest BCUT2D eigenvalue weighted by Crippen LogP contribution is 2.61. The molecule has 8 aromatic rings. The molecule has 0 saturated heterocycles. The molecule has 2 heterocycles. The van der Waals surface area contributed by atoms with Crippen molar-refractivity contribution in [3.8, 4) is 28.3 Å². The van der Waals surface area contributed by atoms with Crippen LogP contribution in [-0.4, -0.2) is 15.9 Å². The maximum Gasteiger partial charge on any atom is 0.312 e. The second-order valence-electron chi connectivity index (χ2n) is 14.2. The zero-order chi connectivity index (χ0) is 34.7. The fraction of sp³-hybridized carbons (Fsp3) is 0.104. The minimum absolute atomic E-state index is 0.140. The Kier molecular flexibility index (Phi) is 6.94. The molecule has 0 radical (unpaired) electrons. The van der Waals surface area contributed by atoms with Crippen LogP contribution >= 0.6 is 0 Å². The number of fused-ring (bicyclic) bond motifs is 8.